The molecule has 0 aliphatic carbocycles. The summed E-state index contributed by atoms with van der Waals surface area (Å²) >= 11 is 0. The second kappa shape index (κ2) is 19.5. The fourth-order valence-electron chi connectivity index (χ4n) is 9.27. The van der Waals surface area contributed by atoms with E-state index in [-0.39, 0.29) is 0 Å². The third-order valence-corrected chi connectivity index (χ3v) is 12.3. The van der Waals surface area contributed by atoms with Gasteiger partial charge in [-0.15, -0.1) is 0 Å². The molecule has 0 saturated heterocycles. The van der Waals surface area contributed by atoms with Gasteiger partial charge >= 0.3 is 0 Å². The molecule has 10 aromatic carbocycles. The molecule has 0 saturated carbocycles. The van der Waals surface area contributed by atoms with Gasteiger partial charge in [-0.25, -0.2) is 20.0 Å². The minimum atomic E-state index is 1.03. The summed E-state index contributed by atoms with van der Waals surface area (Å²) < 4.78 is 0. The molecule has 0 spiro atoms. The van der Waals surface area contributed by atoms with Crippen molar-refractivity contribution in [1.82, 2.24) is 0 Å². The van der Waals surface area contributed by atoms with Gasteiger partial charge in [0.05, 0.1) is 45.5 Å². The number of hydrazine groups is 2. The maximum Gasteiger partial charge on any atom is 0.0721 e. The van der Waals surface area contributed by atoms with Crippen LogP contribution in [0.25, 0.3) is 33.4 Å². The Kier molecular flexibility index (Phi) is 12.4. The molecule has 4 heteroatoms. The summed E-state index contributed by atoms with van der Waals surface area (Å²) in [5.41, 5.74) is 20.0. The first kappa shape index (κ1) is 43.3. The van der Waals surface area contributed by atoms with E-state index >= 15 is 0 Å². The van der Waals surface area contributed by atoms with Gasteiger partial charge in [0.15, 0.2) is 0 Å². The number of aryl methyl sites for hydroxylation is 4. The van der Waals surface area contributed by atoms with Crippen LogP contribution in [0.3, 0.4) is 0 Å². The molecule has 68 heavy (non-hydrogen) atoms. The Morgan fingerprint density at radius 3 is 0.956 bits per heavy atom. The van der Waals surface area contributed by atoms with Crippen LogP contribution < -0.4 is 20.0 Å². The Morgan fingerprint density at radius 1 is 0.221 bits per heavy atom. The van der Waals surface area contributed by atoms with E-state index in [9.17, 15) is 0 Å². The maximum atomic E-state index is 2.40. The first-order chi connectivity index (χ1) is 33.4. The number of hydrogen-bond donors (Lipinski definition) is 0. The van der Waals surface area contributed by atoms with Gasteiger partial charge < -0.3 is 0 Å². The zero-order valence-corrected chi connectivity index (χ0v) is 39.0. The highest BCUT2D eigenvalue weighted by molar-refractivity contribution is 6.02. The topological polar surface area (TPSA) is 13.0 Å². The van der Waals surface area contributed by atoms with E-state index in [2.05, 4.69) is 303 Å². The fourth-order valence-corrected chi connectivity index (χ4v) is 9.27. The maximum absolute atomic E-state index is 2.40. The van der Waals surface area contributed by atoms with Crippen LogP contribution in [0.1, 0.15) is 22.3 Å². The summed E-state index contributed by atoms with van der Waals surface area (Å²) in [6, 6.07) is 92.0. The highest BCUT2D eigenvalue weighted by Gasteiger charge is 2.29. The number of para-hydroxylation sites is 2. The molecule has 0 aliphatic rings. The lowest BCUT2D eigenvalue weighted by atomic mass is 9.86. The standard InChI is InChI=1S/C64H54N4/c1-47-21-17-33-57(43-47)66(58-34-18-22-48(2)44-58)65(54-29-13-7-14-30-54)56-39-37-51(38-40-56)61-41-42-62(64(53-27-11-6-12-28-53)63(61)52-25-9-5-10-26-52)68(55-31-15-8-16-32-55)67(59-35-19-23-49(3)45-59)60-36-20-24-50(4)46-60/h5-46H,1-4H3. The summed E-state index contributed by atoms with van der Waals surface area (Å²) in [6.07, 6.45) is 0. The second-order valence-electron chi connectivity index (χ2n) is 17.4. The molecule has 10 rings (SSSR count). The number of hydrogen-bond acceptors (Lipinski definition) is 4. The Morgan fingerprint density at radius 2 is 0.544 bits per heavy atom. The van der Waals surface area contributed by atoms with E-state index in [4.69, 9.17) is 0 Å². The van der Waals surface area contributed by atoms with Crippen molar-refractivity contribution in [1.29, 1.82) is 0 Å². The minimum Gasteiger partial charge on any atom is -0.249 e. The SMILES string of the molecule is Cc1cccc(N(c2cccc(C)c2)N(c2ccccc2)c2ccc(-c3ccc(N(c4ccccc4)N(c4cccc(C)c4)c4cccc(C)c4)c(-c4ccccc4)c3-c3ccccc3)cc2)c1. The van der Waals surface area contributed by atoms with Crippen molar-refractivity contribution in [3.05, 3.63) is 277 Å². The van der Waals surface area contributed by atoms with E-state index in [1.165, 1.54) is 22.3 Å². The number of benzene rings is 10. The van der Waals surface area contributed by atoms with Crippen LogP contribution in [0.15, 0.2) is 255 Å². The number of anilines is 8. The van der Waals surface area contributed by atoms with Gasteiger partial charge in [-0.05, 0) is 169 Å². The Balaban J connectivity index is 1.21. The predicted molar refractivity (Wildman–Crippen MR) is 289 cm³/mol. The number of rotatable bonds is 13. The molecule has 0 bridgehead atoms. The highest BCUT2D eigenvalue weighted by atomic mass is 15.6. The molecule has 0 heterocycles. The van der Waals surface area contributed by atoms with E-state index in [0.717, 1.165) is 78.9 Å². The minimum absolute atomic E-state index is 1.03. The molecular weight excluding hydrogens is 825 g/mol. The largest absolute Gasteiger partial charge is 0.249 e. The van der Waals surface area contributed by atoms with Gasteiger partial charge in [-0.1, -0.05) is 164 Å². The quantitative estimate of drug-likeness (QED) is 0.107. The lowest BCUT2D eigenvalue weighted by molar-refractivity contribution is 0.987. The smallest absolute Gasteiger partial charge is 0.0721 e. The summed E-state index contributed by atoms with van der Waals surface area (Å²) in [5.74, 6) is 0. The molecule has 0 radical (unpaired) electrons. The molecule has 0 atom stereocenters. The van der Waals surface area contributed by atoms with Crippen molar-refractivity contribution < 1.29 is 0 Å². The Labute approximate surface area is 401 Å². The summed E-state index contributed by atoms with van der Waals surface area (Å²) in [4.78, 5) is 0. The predicted octanol–water partition coefficient (Wildman–Crippen LogP) is 17.7. The molecule has 10 aromatic rings. The van der Waals surface area contributed by atoms with Crippen molar-refractivity contribution in [2.24, 2.45) is 0 Å². The number of nitrogens with zero attached hydrogens (tertiary/aromatic N) is 4. The van der Waals surface area contributed by atoms with Crippen LogP contribution in [-0.4, -0.2) is 0 Å². The van der Waals surface area contributed by atoms with Gasteiger partial charge in [-0.3, -0.25) is 0 Å². The monoisotopic (exact) mass is 878 g/mol. The van der Waals surface area contributed by atoms with Crippen LogP contribution >= 0.6 is 0 Å². The summed E-state index contributed by atoms with van der Waals surface area (Å²) in [5, 5.41) is 9.42. The van der Waals surface area contributed by atoms with Gasteiger partial charge in [-0.2, -0.15) is 0 Å². The molecule has 0 N–H and O–H groups in total. The van der Waals surface area contributed by atoms with Crippen LogP contribution in [-0.2, 0) is 0 Å². The average Bonchev–Trinajstić information content (AvgIpc) is 3.38. The lowest BCUT2D eigenvalue weighted by Crippen LogP contribution is -2.36. The molecule has 0 amide bonds. The second-order valence-corrected chi connectivity index (χ2v) is 17.4. The summed E-state index contributed by atoms with van der Waals surface area (Å²) in [6.45, 7) is 8.63. The van der Waals surface area contributed by atoms with Crippen molar-refractivity contribution >= 4 is 45.5 Å². The van der Waals surface area contributed by atoms with Crippen LogP contribution in [0, 0.1) is 27.7 Å². The van der Waals surface area contributed by atoms with Crippen molar-refractivity contribution in [2.45, 2.75) is 27.7 Å². The van der Waals surface area contributed by atoms with E-state index in [1.807, 2.05) is 0 Å². The van der Waals surface area contributed by atoms with Crippen molar-refractivity contribution in [3.8, 4) is 33.4 Å². The third kappa shape index (κ3) is 9.00. The summed E-state index contributed by atoms with van der Waals surface area (Å²) in [7, 11) is 0. The lowest BCUT2D eigenvalue weighted by Gasteiger charge is -2.40. The molecule has 0 aliphatic heterocycles. The molecule has 330 valence electrons. The van der Waals surface area contributed by atoms with Crippen molar-refractivity contribution in [2.75, 3.05) is 20.0 Å². The van der Waals surface area contributed by atoms with Gasteiger partial charge in [0, 0.05) is 5.56 Å². The van der Waals surface area contributed by atoms with Gasteiger partial charge in [0.1, 0.15) is 0 Å². The van der Waals surface area contributed by atoms with E-state index in [0.29, 0.717) is 0 Å². The normalized spacial score (nSPS) is 10.9. The zero-order valence-electron chi connectivity index (χ0n) is 39.0. The van der Waals surface area contributed by atoms with Crippen LogP contribution in [0.5, 0.6) is 0 Å². The molecule has 0 unspecified atom stereocenters. The van der Waals surface area contributed by atoms with Gasteiger partial charge in [0.25, 0.3) is 0 Å². The van der Waals surface area contributed by atoms with E-state index in [1.54, 1.807) is 0 Å². The Bertz CT molecular complexity index is 3190. The molecule has 0 fully saturated rings. The van der Waals surface area contributed by atoms with Crippen LogP contribution in [0.4, 0.5) is 45.5 Å². The van der Waals surface area contributed by atoms with E-state index < -0.39 is 0 Å². The zero-order chi connectivity index (χ0) is 46.4. The third-order valence-electron chi connectivity index (χ3n) is 12.3. The van der Waals surface area contributed by atoms with Gasteiger partial charge in [0.2, 0.25) is 0 Å². The molecule has 0 aromatic heterocycles. The van der Waals surface area contributed by atoms with Crippen LogP contribution in [0.2, 0.25) is 0 Å². The average molecular weight is 879 g/mol. The molecular formula is C64H54N4. The van der Waals surface area contributed by atoms with Crippen molar-refractivity contribution in [3.63, 3.8) is 0 Å². The highest BCUT2D eigenvalue weighted by Crippen LogP contribution is 2.50. The first-order valence-electron chi connectivity index (χ1n) is 23.3. The molecule has 4 nitrogen and oxygen atoms in total. The Hall–Kier alpha value is -8.60. The first-order valence-corrected chi connectivity index (χ1v) is 23.3. The fraction of sp³-hybridized carbons (Fsp3) is 0.0625.